The van der Waals surface area contributed by atoms with Crippen molar-refractivity contribution in [3.63, 3.8) is 0 Å². The van der Waals surface area contributed by atoms with Gasteiger partial charge in [-0.3, -0.25) is 0 Å². The van der Waals surface area contributed by atoms with E-state index < -0.39 is 0 Å². The highest BCUT2D eigenvalue weighted by atomic mass is 32.1. The van der Waals surface area contributed by atoms with E-state index in [9.17, 15) is 0 Å². The molecule has 3 heteroatoms. The highest BCUT2D eigenvalue weighted by molar-refractivity contribution is 7.26. The molecular weight excluding hydrogens is 545 g/mol. The Morgan fingerprint density at radius 1 is 0.419 bits per heavy atom. The van der Waals surface area contributed by atoms with Crippen LogP contribution in [-0.2, 0) is 0 Å². The first-order valence-corrected chi connectivity index (χ1v) is 15.3. The van der Waals surface area contributed by atoms with Gasteiger partial charge in [-0.2, -0.15) is 0 Å². The van der Waals surface area contributed by atoms with Crippen LogP contribution in [0.1, 0.15) is 0 Å². The average molecular weight is 567 g/mol. The van der Waals surface area contributed by atoms with E-state index in [4.69, 9.17) is 8.83 Å². The number of rotatable bonds is 2. The van der Waals surface area contributed by atoms with Crippen molar-refractivity contribution in [1.29, 1.82) is 0 Å². The number of fused-ring (bicyclic) bond motifs is 10. The van der Waals surface area contributed by atoms with E-state index >= 15 is 0 Å². The maximum atomic E-state index is 6.34. The summed E-state index contributed by atoms with van der Waals surface area (Å²) in [6.07, 6.45) is 1.78. The molecule has 0 saturated heterocycles. The van der Waals surface area contributed by atoms with E-state index in [1.165, 1.54) is 58.4 Å². The molecule has 0 saturated carbocycles. The predicted molar refractivity (Wildman–Crippen MR) is 182 cm³/mol. The molecule has 0 aliphatic rings. The molecule has 0 fully saturated rings. The normalized spacial score (nSPS) is 12.2. The maximum absolute atomic E-state index is 6.34. The van der Waals surface area contributed by atoms with Crippen molar-refractivity contribution in [2.75, 3.05) is 0 Å². The lowest BCUT2D eigenvalue weighted by Gasteiger charge is -2.18. The molecule has 7 aromatic carbocycles. The molecule has 0 atom stereocenters. The lowest BCUT2D eigenvalue weighted by atomic mass is 9.84. The van der Waals surface area contributed by atoms with Crippen LogP contribution >= 0.6 is 11.3 Å². The molecule has 3 aromatic heterocycles. The lowest BCUT2D eigenvalue weighted by molar-refractivity contribution is 0.600. The zero-order chi connectivity index (χ0) is 28.1. The van der Waals surface area contributed by atoms with Gasteiger partial charge in [0.25, 0.3) is 0 Å². The highest BCUT2D eigenvalue weighted by Gasteiger charge is 2.23. The Hall–Kier alpha value is -5.38. The summed E-state index contributed by atoms with van der Waals surface area (Å²) < 4.78 is 15.1. The van der Waals surface area contributed by atoms with E-state index in [-0.39, 0.29) is 0 Å². The molecule has 0 bridgehead atoms. The Balaban J connectivity index is 1.39. The smallest absolute Gasteiger partial charge is 0.178 e. The first-order chi connectivity index (χ1) is 21.3. The van der Waals surface area contributed by atoms with Gasteiger partial charge >= 0.3 is 0 Å². The quantitative estimate of drug-likeness (QED) is 0.195. The summed E-state index contributed by atoms with van der Waals surface area (Å²) in [5, 5.41) is 10.8. The van der Waals surface area contributed by atoms with E-state index in [1.807, 2.05) is 23.5 Å². The van der Waals surface area contributed by atoms with Gasteiger partial charge in [0.1, 0.15) is 5.58 Å². The Bertz CT molecular complexity index is 2680. The average Bonchev–Trinajstić information content (AvgIpc) is 3.79. The number of para-hydroxylation sites is 1. The number of furan rings is 2. The molecule has 10 aromatic rings. The minimum absolute atomic E-state index is 0.788. The summed E-state index contributed by atoms with van der Waals surface area (Å²) in [4.78, 5) is 0. The van der Waals surface area contributed by atoms with Crippen LogP contribution in [0.5, 0.6) is 0 Å². The van der Waals surface area contributed by atoms with Crippen LogP contribution in [-0.4, -0.2) is 0 Å². The Kier molecular flexibility index (Phi) is 4.63. The molecule has 43 heavy (non-hydrogen) atoms. The summed E-state index contributed by atoms with van der Waals surface area (Å²) in [5.74, 6) is 0. The van der Waals surface area contributed by atoms with E-state index in [0.29, 0.717) is 0 Å². The topological polar surface area (TPSA) is 26.3 Å². The zero-order valence-corrected chi connectivity index (χ0v) is 23.7. The lowest BCUT2D eigenvalue weighted by Crippen LogP contribution is -1.91. The Morgan fingerprint density at radius 2 is 1.02 bits per heavy atom. The first kappa shape index (κ1) is 23.2. The molecular formula is C40H22O2S. The summed E-state index contributed by atoms with van der Waals surface area (Å²) in [6.45, 7) is 0. The largest absolute Gasteiger partial charge is 0.460 e. The molecule has 0 unspecified atom stereocenters. The van der Waals surface area contributed by atoms with Gasteiger partial charge in [-0.05, 0) is 62.5 Å². The van der Waals surface area contributed by atoms with Crippen LogP contribution in [0.25, 0.3) is 96.9 Å². The van der Waals surface area contributed by atoms with Crippen LogP contribution in [0, 0.1) is 0 Å². The summed E-state index contributed by atoms with van der Waals surface area (Å²) in [7, 11) is 0. The van der Waals surface area contributed by atoms with Crippen LogP contribution in [0.2, 0.25) is 0 Å². The molecule has 0 spiro atoms. The van der Waals surface area contributed by atoms with Crippen molar-refractivity contribution in [1.82, 2.24) is 0 Å². The molecule has 0 aliphatic heterocycles. The molecule has 0 radical (unpaired) electrons. The summed E-state index contributed by atoms with van der Waals surface area (Å²) in [5.41, 5.74) is 7.39. The van der Waals surface area contributed by atoms with Crippen LogP contribution in [0.15, 0.2) is 142 Å². The van der Waals surface area contributed by atoms with Gasteiger partial charge in [0.05, 0.1) is 6.26 Å². The standard InChI is InChI=1S/C40H22O2S/c1-3-14-27-25(12-1)36(31-17-9-16-30-24-11-6-8-19-35(24)43-40(30)31)26-13-2-4-15-28(26)37(27)32-22-33-23-10-5-7-18-34(23)42-39(33)38-29(32)20-21-41-38/h1-22H. The SMILES string of the molecule is c1ccc2c(c1)oc1c2cc(-c2c3ccccc3c(-c3cccc4c3sc3ccccc34)c3ccccc23)c2ccoc21. The van der Waals surface area contributed by atoms with Crippen molar-refractivity contribution in [3.05, 3.63) is 134 Å². The Morgan fingerprint density at radius 3 is 1.77 bits per heavy atom. The number of benzene rings is 7. The van der Waals surface area contributed by atoms with Gasteiger partial charge in [-0.25, -0.2) is 0 Å². The fourth-order valence-corrected chi connectivity index (χ4v) is 8.38. The fraction of sp³-hybridized carbons (Fsp3) is 0. The molecule has 2 nitrogen and oxygen atoms in total. The van der Waals surface area contributed by atoms with Crippen LogP contribution in [0.3, 0.4) is 0 Å². The summed E-state index contributed by atoms with van der Waals surface area (Å²) >= 11 is 1.88. The number of hydrogen-bond donors (Lipinski definition) is 0. The third-order valence-electron chi connectivity index (χ3n) is 8.96. The van der Waals surface area contributed by atoms with Crippen molar-refractivity contribution < 1.29 is 8.83 Å². The van der Waals surface area contributed by atoms with Gasteiger partial charge in [0.15, 0.2) is 11.2 Å². The molecule has 10 rings (SSSR count). The Labute approximate surface area is 250 Å². The van der Waals surface area contributed by atoms with Crippen LogP contribution in [0.4, 0.5) is 0 Å². The van der Waals surface area contributed by atoms with E-state index in [2.05, 4.69) is 115 Å². The van der Waals surface area contributed by atoms with Gasteiger partial charge in [-0.1, -0.05) is 103 Å². The van der Waals surface area contributed by atoms with E-state index in [0.717, 1.165) is 38.5 Å². The third-order valence-corrected chi connectivity index (χ3v) is 10.2. The van der Waals surface area contributed by atoms with Gasteiger partial charge < -0.3 is 8.83 Å². The van der Waals surface area contributed by atoms with E-state index in [1.54, 1.807) is 6.26 Å². The van der Waals surface area contributed by atoms with Crippen molar-refractivity contribution in [2.24, 2.45) is 0 Å². The molecule has 200 valence electrons. The molecule has 0 N–H and O–H groups in total. The zero-order valence-electron chi connectivity index (χ0n) is 22.9. The van der Waals surface area contributed by atoms with Crippen molar-refractivity contribution in [3.8, 4) is 22.3 Å². The van der Waals surface area contributed by atoms with Crippen LogP contribution < -0.4 is 0 Å². The highest BCUT2D eigenvalue weighted by Crippen LogP contribution is 2.50. The van der Waals surface area contributed by atoms with Gasteiger partial charge in [-0.15, -0.1) is 11.3 Å². The number of hydrogen-bond acceptors (Lipinski definition) is 3. The number of thiophene rings is 1. The van der Waals surface area contributed by atoms with Crippen molar-refractivity contribution in [2.45, 2.75) is 0 Å². The minimum Gasteiger partial charge on any atom is -0.460 e. The molecule has 0 aliphatic carbocycles. The second-order valence-electron chi connectivity index (χ2n) is 11.2. The maximum Gasteiger partial charge on any atom is 0.178 e. The van der Waals surface area contributed by atoms with Gasteiger partial charge in [0.2, 0.25) is 0 Å². The third kappa shape index (κ3) is 3.12. The first-order valence-electron chi connectivity index (χ1n) is 14.5. The van der Waals surface area contributed by atoms with Gasteiger partial charge in [0, 0.05) is 41.9 Å². The molecule has 0 amide bonds. The predicted octanol–water partition coefficient (Wildman–Crippen LogP) is 12.3. The van der Waals surface area contributed by atoms with Crippen molar-refractivity contribution >= 4 is 86.0 Å². The summed E-state index contributed by atoms with van der Waals surface area (Å²) in [6, 6.07) is 45.9. The fourth-order valence-electron chi connectivity index (χ4n) is 7.16. The second-order valence-corrected chi connectivity index (χ2v) is 12.2. The minimum atomic E-state index is 0.788. The molecule has 3 heterocycles. The second kappa shape index (κ2) is 8.57. The monoisotopic (exact) mass is 566 g/mol.